The van der Waals surface area contributed by atoms with Crippen LogP contribution in [-0.4, -0.2) is 52.4 Å². The molecular weight excluding hydrogens is 445 g/mol. The van der Waals surface area contributed by atoms with Crippen LogP contribution in [0.2, 0.25) is 0 Å². The van der Waals surface area contributed by atoms with Gasteiger partial charge in [0.25, 0.3) is 5.91 Å². The number of carbonyl (C=O) groups excluding carboxylic acids is 2. The number of aryl methyl sites for hydroxylation is 1. The van der Waals surface area contributed by atoms with Crippen LogP contribution in [0.25, 0.3) is 10.9 Å². The second-order valence-electron chi connectivity index (χ2n) is 8.93. The molecule has 1 fully saturated rings. The lowest BCUT2D eigenvalue weighted by molar-refractivity contribution is -0.132. The Morgan fingerprint density at radius 2 is 1.71 bits per heavy atom. The van der Waals surface area contributed by atoms with Crippen molar-refractivity contribution in [2.75, 3.05) is 26.2 Å². The van der Waals surface area contributed by atoms with Gasteiger partial charge in [0.05, 0.1) is 6.26 Å². The zero-order chi connectivity index (χ0) is 24.2. The van der Waals surface area contributed by atoms with Crippen LogP contribution in [0.1, 0.15) is 34.5 Å². The topological polar surface area (TPSA) is 58.7 Å². The largest absolute Gasteiger partial charge is 0.459 e. The molecule has 1 saturated heterocycles. The van der Waals surface area contributed by atoms with Gasteiger partial charge in [0.2, 0.25) is 5.91 Å². The van der Waals surface area contributed by atoms with Gasteiger partial charge in [0, 0.05) is 56.2 Å². The highest BCUT2D eigenvalue weighted by Gasteiger charge is 2.25. The van der Waals surface area contributed by atoms with Gasteiger partial charge in [0.1, 0.15) is 5.82 Å². The van der Waals surface area contributed by atoms with Gasteiger partial charge in [-0.1, -0.05) is 30.3 Å². The first-order chi connectivity index (χ1) is 17.1. The number of nitrogens with zero attached hydrogens (tertiary/aromatic N) is 3. The Bertz CT molecular complexity index is 1320. The molecule has 0 saturated carbocycles. The van der Waals surface area contributed by atoms with E-state index in [-0.39, 0.29) is 17.6 Å². The van der Waals surface area contributed by atoms with Crippen molar-refractivity contribution in [3.8, 4) is 0 Å². The molecule has 35 heavy (non-hydrogen) atoms. The summed E-state index contributed by atoms with van der Waals surface area (Å²) in [4.78, 5) is 28.8. The van der Waals surface area contributed by atoms with Crippen molar-refractivity contribution in [2.45, 2.75) is 25.8 Å². The SMILES string of the molecule is O=C(CCCc1cn(Cc2cccc(F)c2)c2ccccc12)N1CCN(C(=O)c2ccco2)CC1. The molecule has 0 spiro atoms. The van der Waals surface area contributed by atoms with E-state index in [1.165, 1.54) is 23.3 Å². The molecule has 0 bridgehead atoms. The number of benzene rings is 2. The summed E-state index contributed by atoms with van der Waals surface area (Å²) in [5, 5.41) is 1.17. The Kier molecular flexibility index (Phi) is 6.66. The molecule has 0 radical (unpaired) electrons. The average molecular weight is 474 g/mol. The molecule has 2 amide bonds. The summed E-state index contributed by atoms with van der Waals surface area (Å²) >= 11 is 0. The Labute approximate surface area is 203 Å². The smallest absolute Gasteiger partial charge is 0.289 e. The van der Waals surface area contributed by atoms with E-state index in [9.17, 15) is 14.0 Å². The van der Waals surface area contributed by atoms with E-state index in [2.05, 4.69) is 22.9 Å². The van der Waals surface area contributed by atoms with Crippen LogP contribution in [0.4, 0.5) is 4.39 Å². The highest BCUT2D eigenvalue weighted by molar-refractivity contribution is 5.91. The lowest BCUT2D eigenvalue weighted by Crippen LogP contribution is -2.50. The maximum atomic E-state index is 13.6. The Morgan fingerprint density at radius 1 is 0.914 bits per heavy atom. The number of halogens is 1. The number of carbonyl (C=O) groups is 2. The molecule has 4 aromatic rings. The molecule has 1 aliphatic rings. The first-order valence-corrected chi connectivity index (χ1v) is 12.0. The van der Waals surface area contributed by atoms with Gasteiger partial charge in [0.15, 0.2) is 5.76 Å². The lowest BCUT2D eigenvalue weighted by atomic mass is 10.1. The number of fused-ring (bicyclic) bond motifs is 1. The van der Waals surface area contributed by atoms with E-state index in [1.807, 2.05) is 23.1 Å². The number of hydrogen-bond acceptors (Lipinski definition) is 3. The quantitative estimate of drug-likeness (QED) is 0.390. The van der Waals surface area contributed by atoms with E-state index < -0.39 is 0 Å². The summed E-state index contributed by atoms with van der Waals surface area (Å²) < 4.78 is 21.0. The standard InChI is InChI=1S/C28H28FN3O3/c29-23-8-3-6-21(18-23)19-32-20-22(24-9-1-2-10-25(24)32)7-4-12-27(33)30-13-15-31(16-14-30)28(34)26-11-5-17-35-26/h1-3,5-6,8-11,17-18,20H,4,7,12-16,19H2. The molecule has 0 aliphatic carbocycles. The third kappa shape index (κ3) is 5.14. The predicted molar refractivity (Wildman–Crippen MR) is 132 cm³/mol. The predicted octanol–water partition coefficient (Wildman–Crippen LogP) is 4.73. The molecular formula is C28H28FN3O3. The number of para-hydroxylation sites is 1. The van der Waals surface area contributed by atoms with Crippen LogP contribution in [-0.2, 0) is 17.8 Å². The van der Waals surface area contributed by atoms with E-state index in [1.54, 1.807) is 29.2 Å². The third-order valence-corrected chi connectivity index (χ3v) is 6.60. The van der Waals surface area contributed by atoms with Crippen molar-refractivity contribution >= 4 is 22.7 Å². The highest BCUT2D eigenvalue weighted by atomic mass is 19.1. The average Bonchev–Trinajstić information content (AvgIpc) is 3.53. The zero-order valence-corrected chi connectivity index (χ0v) is 19.5. The Balaban J connectivity index is 1.17. The summed E-state index contributed by atoms with van der Waals surface area (Å²) in [7, 11) is 0. The van der Waals surface area contributed by atoms with Crippen LogP contribution in [0.5, 0.6) is 0 Å². The van der Waals surface area contributed by atoms with Gasteiger partial charge in [-0.3, -0.25) is 9.59 Å². The normalized spacial score (nSPS) is 14.0. The lowest BCUT2D eigenvalue weighted by Gasteiger charge is -2.34. The summed E-state index contributed by atoms with van der Waals surface area (Å²) in [5.74, 6) is 0.0977. The molecule has 0 N–H and O–H groups in total. The number of rotatable bonds is 7. The monoisotopic (exact) mass is 473 g/mol. The maximum absolute atomic E-state index is 13.6. The minimum absolute atomic E-state index is 0.124. The fourth-order valence-electron chi connectivity index (χ4n) is 4.79. The van der Waals surface area contributed by atoms with Crippen LogP contribution < -0.4 is 0 Å². The van der Waals surface area contributed by atoms with Crippen molar-refractivity contribution < 1.29 is 18.4 Å². The van der Waals surface area contributed by atoms with Crippen molar-refractivity contribution in [2.24, 2.45) is 0 Å². The van der Waals surface area contributed by atoms with Crippen LogP contribution in [0.15, 0.2) is 77.5 Å². The minimum Gasteiger partial charge on any atom is -0.459 e. The zero-order valence-electron chi connectivity index (χ0n) is 19.5. The van der Waals surface area contributed by atoms with Crippen molar-refractivity contribution in [1.29, 1.82) is 0 Å². The van der Waals surface area contributed by atoms with Crippen LogP contribution in [0.3, 0.4) is 0 Å². The summed E-state index contributed by atoms with van der Waals surface area (Å²) in [6.07, 6.45) is 5.62. The van der Waals surface area contributed by atoms with Crippen molar-refractivity contribution in [3.05, 3.63) is 95.8 Å². The van der Waals surface area contributed by atoms with Gasteiger partial charge in [-0.15, -0.1) is 0 Å². The van der Waals surface area contributed by atoms with E-state index in [0.29, 0.717) is 44.9 Å². The van der Waals surface area contributed by atoms with Gasteiger partial charge in [-0.2, -0.15) is 0 Å². The molecule has 7 heteroatoms. The second-order valence-corrected chi connectivity index (χ2v) is 8.93. The molecule has 0 atom stereocenters. The minimum atomic E-state index is -0.233. The van der Waals surface area contributed by atoms with Gasteiger partial charge in [-0.25, -0.2) is 4.39 Å². The molecule has 3 heterocycles. The van der Waals surface area contributed by atoms with E-state index in [4.69, 9.17) is 4.42 Å². The first kappa shape index (κ1) is 22.9. The molecule has 0 unspecified atom stereocenters. The van der Waals surface area contributed by atoms with Gasteiger partial charge < -0.3 is 18.8 Å². The first-order valence-electron chi connectivity index (χ1n) is 12.0. The highest BCUT2D eigenvalue weighted by Crippen LogP contribution is 2.24. The maximum Gasteiger partial charge on any atom is 0.289 e. The fraction of sp³-hybridized carbons (Fsp3) is 0.286. The van der Waals surface area contributed by atoms with Gasteiger partial charge >= 0.3 is 0 Å². The number of aromatic nitrogens is 1. The van der Waals surface area contributed by atoms with Crippen molar-refractivity contribution in [3.63, 3.8) is 0 Å². The summed E-state index contributed by atoms with van der Waals surface area (Å²) in [6, 6.07) is 18.2. The fourth-order valence-corrected chi connectivity index (χ4v) is 4.79. The van der Waals surface area contributed by atoms with Crippen molar-refractivity contribution in [1.82, 2.24) is 14.4 Å². The Hall–Kier alpha value is -3.87. The number of amides is 2. The van der Waals surface area contributed by atoms with E-state index >= 15 is 0 Å². The van der Waals surface area contributed by atoms with E-state index in [0.717, 1.165) is 23.9 Å². The molecule has 6 nitrogen and oxygen atoms in total. The molecule has 1 aliphatic heterocycles. The third-order valence-electron chi connectivity index (χ3n) is 6.60. The summed E-state index contributed by atoms with van der Waals surface area (Å²) in [6.45, 7) is 2.70. The Morgan fingerprint density at radius 3 is 2.49 bits per heavy atom. The van der Waals surface area contributed by atoms with Crippen LogP contribution >= 0.6 is 0 Å². The molecule has 2 aromatic heterocycles. The number of piperazine rings is 1. The molecule has 180 valence electrons. The summed E-state index contributed by atoms with van der Waals surface area (Å²) in [5.41, 5.74) is 3.21. The van der Waals surface area contributed by atoms with Crippen LogP contribution in [0, 0.1) is 5.82 Å². The second kappa shape index (κ2) is 10.2. The number of hydrogen-bond donors (Lipinski definition) is 0. The molecule has 5 rings (SSSR count). The molecule has 2 aromatic carbocycles. The van der Waals surface area contributed by atoms with Gasteiger partial charge in [-0.05, 0) is 54.3 Å². The number of furan rings is 1.